The van der Waals surface area contributed by atoms with Crippen LogP contribution >= 0.6 is 0 Å². The highest BCUT2D eigenvalue weighted by Crippen LogP contribution is 2.30. The lowest BCUT2D eigenvalue weighted by atomic mass is 10.2. The summed E-state index contributed by atoms with van der Waals surface area (Å²) >= 11 is 0. The molecule has 1 saturated heterocycles. The average Bonchev–Trinajstić information content (AvgIpc) is 3.40. The number of carbonyl (C=O) groups is 3. The fraction of sp³-hybridized carbons (Fsp3) is 0.500. The van der Waals surface area contributed by atoms with Gasteiger partial charge in [0.2, 0.25) is 5.91 Å². The Bertz CT molecular complexity index is 687. The zero-order chi connectivity index (χ0) is 18.7. The Morgan fingerprint density at radius 2 is 2.04 bits per heavy atom. The van der Waals surface area contributed by atoms with Gasteiger partial charge in [0.1, 0.15) is 6.61 Å². The predicted octanol–water partition coefficient (Wildman–Crippen LogP) is 0.184. The number of nitrogens with two attached hydrogens (primary N) is 1. The fourth-order valence-corrected chi connectivity index (χ4v) is 3.09. The summed E-state index contributed by atoms with van der Waals surface area (Å²) in [4.78, 5) is 39.4. The van der Waals surface area contributed by atoms with Crippen molar-refractivity contribution in [3.05, 3.63) is 24.3 Å². The molecule has 3 amide bonds. The first-order chi connectivity index (χ1) is 12.5. The highest BCUT2D eigenvalue weighted by Gasteiger charge is 2.33. The number of nitrogens with one attached hydrogen (secondary N) is 1. The van der Waals surface area contributed by atoms with Gasteiger partial charge in [0.05, 0.1) is 6.61 Å². The standard InChI is InChI=1S/C18H24N4O4/c1-21(10-12-2-3-12)16(17(19)24)18(25)20-13-4-6-14(7-5-13)22-8-9-26-11-15(22)23/h4-7,12,16H,2-3,8-11H2,1H3,(H2,19,24)(H,20,25)/t16-/m0/s1. The summed E-state index contributed by atoms with van der Waals surface area (Å²) in [6.07, 6.45) is 2.25. The third-order valence-corrected chi connectivity index (χ3v) is 4.63. The van der Waals surface area contributed by atoms with Crippen LogP contribution < -0.4 is 16.0 Å². The number of anilines is 2. The number of ether oxygens (including phenoxy) is 1. The normalized spacial score (nSPS) is 18.7. The second-order valence-corrected chi connectivity index (χ2v) is 6.82. The molecule has 8 heteroatoms. The largest absolute Gasteiger partial charge is 0.370 e. The molecule has 3 N–H and O–H groups in total. The Morgan fingerprint density at radius 1 is 1.35 bits per heavy atom. The van der Waals surface area contributed by atoms with E-state index < -0.39 is 17.9 Å². The van der Waals surface area contributed by atoms with Crippen LogP contribution in [-0.2, 0) is 19.1 Å². The minimum atomic E-state index is -1.00. The second kappa shape index (κ2) is 7.84. The summed E-state index contributed by atoms with van der Waals surface area (Å²) < 4.78 is 5.12. The Morgan fingerprint density at radius 3 is 2.62 bits per heavy atom. The van der Waals surface area contributed by atoms with E-state index in [1.165, 1.54) is 0 Å². The molecule has 3 rings (SSSR count). The van der Waals surface area contributed by atoms with Crippen LogP contribution in [0.3, 0.4) is 0 Å². The lowest BCUT2D eigenvalue weighted by Crippen LogP contribution is -2.51. The minimum absolute atomic E-state index is 0.0755. The summed E-state index contributed by atoms with van der Waals surface area (Å²) in [5, 5.41) is 2.73. The van der Waals surface area contributed by atoms with Crippen molar-refractivity contribution in [2.45, 2.75) is 18.9 Å². The van der Waals surface area contributed by atoms with Gasteiger partial charge >= 0.3 is 0 Å². The van der Waals surface area contributed by atoms with Gasteiger partial charge in [0.15, 0.2) is 6.04 Å². The van der Waals surface area contributed by atoms with Crippen molar-refractivity contribution < 1.29 is 19.1 Å². The molecule has 2 aliphatic rings. The van der Waals surface area contributed by atoms with Crippen molar-refractivity contribution in [3.63, 3.8) is 0 Å². The SMILES string of the molecule is CN(CC1CC1)[C@@H](C(N)=O)C(=O)Nc1ccc(N2CCOCC2=O)cc1. The average molecular weight is 360 g/mol. The molecule has 26 heavy (non-hydrogen) atoms. The maximum Gasteiger partial charge on any atom is 0.253 e. The van der Waals surface area contributed by atoms with Gasteiger partial charge in [-0.3, -0.25) is 19.3 Å². The molecule has 1 heterocycles. The molecule has 1 aromatic rings. The van der Waals surface area contributed by atoms with Crippen molar-refractivity contribution in [2.75, 3.05) is 43.6 Å². The zero-order valence-electron chi connectivity index (χ0n) is 14.8. The Balaban J connectivity index is 1.64. The van der Waals surface area contributed by atoms with Gasteiger partial charge in [-0.15, -0.1) is 0 Å². The van der Waals surface area contributed by atoms with Gasteiger partial charge in [-0.2, -0.15) is 0 Å². The molecule has 0 aromatic heterocycles. The number of primary amides is 1. The summed E-state index contributed by atoms with van der Waals surface area (Å²) in [6.45, 7) is 1.75. The first-order valence-corrected chi connectivity index (χ1v) is 8.74. The summed E-state index contributed by atoms with van der Waals surface area (Å²) in [7, 11) is 1.74. The first kappa shape index (κ1) is 18.3. The number of amides is 3. The van der Waals surface area contributed by atoms with Crippen LogP contribution in [0.2, 0.25) is 0 Å². The van der Waals surface area contributed by atoms with E-state index in [1.54, 1.807) is 41.1 Å². The molecule has 0 spiro atoms. The van der Waals surface area contributed by atoms with Crippen molar-refractivity contribution >= 4 is 29.1 Å². The van der Waals surface area contributed by atoms with Crippen LogP contribution in [0.15, 0.2) is 24.3 Å². The van der Waals surface area contributed by atoms with Gasteiger partial charge < -0.3 is 20.7 Å². The molecule has 0 unspecified atom stereocenters. The highest BCUT2D eigenvalue weighted by atomic mass is 16.5. The van der Waals surface area contributed by atoms with E-state index >= 15 is 0 Å². The van der Waals surface area contributed by atoms with Crippen LogP contribution in [0.5, 0.6) is 0 Å². The third kappa shape index (κ3) is 4.39. The van der Waals surface area contributed by atoms with Crippen LogP contribution in [0.4, 0.5) is 11.4 Å². The topological polar surface area (TPSA) is 105 Å². The van der Waals surface area contributed by atoms with E-state index in [2.05, 4.69) is 5.32 Å². The van der Waals surface area contributed by atoms with Crippen LogP contribution in [0.25, 0.3) is 0 Å². The molecule has 0 bridgehead atoms. The van der Waals surface area contributed by atoms with E-state index in [9.17, 15) is 14.4 Å². The van der Waals surface area contributed by atoms with Crippen LogP contribution in [0.1, 0.15) is 12.8 Å². The number of carbonyl (C=O) groups excluding carboxylic acids is 3. The Hall–Kier alpha value is -2.45. The van der Waals surface area contributed by atoms with Gasteiger partial charge in [0, 0.05) is 24.5 Å². The summed E-state index contributed by atoms with van der Waals surface area (Å²) in [6, 6.07) is 5.91. The number of hydrogen-bond acceptors (Lipinski definition) is 5. The number of likely N-dealkylation sites (N-methyl/N-ethyl adjacent to an activating group) is 1. The van der Waals surface area contributed by atoms with Crippen molar-refractivity contribution in [3.8, 4) is 0 Å². The summed E-state index contributed by atoms with van der Waals surface area (Å²) in [5.41, 5.74) is 6.72. The Labute approximate surface area is 152 Å². The molecule has 1 aliphatic heterocycles. The van der Waals surface area contributed by atoms with Crippen molar-refractivity contribution in [1.82, 2.24) is 4.90 Å². The van der Waals surface area contributed by atoms with Crippen molar-refractivity contribution in [2.24, 2.45) is 11.7 Å². The van der Waals surface area contributed by atoms with Gasteiger partial charge in [-0.05, 0) is 50.1 Å². The molecule has 140 valence electrons. The van der Waals surface area contributed by atoms with Gasteiger partial charge in [-0.1, -0.05) is 0 Å². The molecule has 0 radical (unpaired) electrons. The fourth-order valence-electron chi connectivity index (χ4n) is 3.09. The van der Waals surface area contributed by atoms with Crippen LogP contribution in [0, 0.1) is 5.92 Å². The first-order valence-electron chi connectivity index (χ1n) is 8.74. The smallest absolute Gasteiger partial charge is 0.253 e. The lowest BCUT2D eigenvalue weighted by Gasteiger charge is -2.27. The molecule has 1 aliphatic carbocycles. The molecule has 1 saturated carbocycles. The van der Waals surface area contributed by atoms with E-state index in [1.807, 2.05) is 0 Å². The molecular weight excluding hydrogens is 336 g/mol. The minimum Gasteiger partial charge on any atom is -0.370 e. The molecule has 2 fully saturated rings. The monoisotopic (exact) mass is 360 g/mol. The van der Waals surface area contributed by atoms with E-state index in [0.29, 0.717) is 31.3 Å². The number of nitrogens with zero attached hydrogens (tertiary/aromatic N) is 2. The maximum atomic E-state index is 12.5. The van der Waals surface area contributed by atoms with Gasteiger partial charge in [-0.25, -0.2) is 0 Å². The van der Waals surface area contributed by atoms with Gasteiger partial charge in [0.25, 0.3) is 11.8 Å². The predicted molar refractivity (Wildman–Crippen MR) is 96.6 cm³/mol. The van der Waals surface area contributed by atoms with E-state index in [-0.39, 0.29) is 12.5 Å². The molecule has 8 nitrogen and oxygen atoms in total. The number of rotatable bonds is 7. The molecular formula is C18H24N4O4. The number of morpholine rings is 1. The van der Waals surface area contributed by atoms with E-state index in [4.69, 9.17) is 10.5 Å². The van der Waals surface area contributed by atoms with E-state index in [0.717, 1.165) is 18.5 Å². The maximum absolute atomic E-state index is 12.5. The summed E-state index contributed by atoms with van der Waals surface area (Å²) in [5.74, 6) is -0.666. The lowest BCUT2D eigenvalue weighted by molar-refractivity contribution is -0.132. The molecule has 1 aromatic carbocycles. The molecule has 1 atom stereocenters. The van der Waals surface area contributed by atoms with Crippen LogP contribution in [-0.4, -0.2) is 62.0 Å². The number of benzene rings is 1. The highest BCUT2D eigenvalue weighted by molar-refractivity contribution is 6.09. The zero-order valence-corrected chi connectivity index (χ0v) is 14.8. The Kier molecular flexibility index (Phi) is 5.53. The third-order valence-electron chi connectivity index (χ3n) is 4.63. The number of hydrogen-bond donors (Lipinski definition) is 2. The van der Waals surface area contributed by atoms with Crippen molar-refractivity contribution in [1.29, 1.82) is 0 Å². The quantitative estimate of drug-likeness (QED) is 0.675. The second-order valence-electron chi connectivity index (χ2n) is 6.82.